The number of hydrogen-bond donors (Lipinski definition) is 0. The predicted octanol–water partition coefficient (Wildman–Crippen LogP) is 3.51. The minimum atomic E-state index is 0.720. The van der Waals surface area contributed by atoms with E-state index >= 15 is 0 Å². The molecule has 0 amide bonds. The van der Waals surface area contributed by atoms with Gasteiger partial charge >= 0.3 is 0 Å². The summed E-state index contributed by atoms with van der Waals surface area (Å²) in [5.74, 6) is 2.34. The largest absolute Gasteiger partial charge is 0.469 e. The molecule has 4 rings (SSSR count). The van der Waals surface area contributed by atoms with Crippen LogP contribution in [0.4, 0.5) is 0 Å². The van der Waals surface area contributed by atoms with Crippen LogP contribution in [-0.4, -0.2) is 26.3 Å². The van der Waals surface area contributed by atoms with Crippen molar-refractivity contribution in [3.05, 3.63) is 53.5 Å². The average molecular weight is 310 g/mol. The highest BCUT2D eigenvalue weighted by Gasteiger charge is 2.22. The van der Waals surface area contributed by atoms with Gasteiger partial charge in [-0.15, -0.1) is 10.2 Å². The average Bonchev–Trinajstić information content (AvgIpc) is 3.13. The first-order chi connectivity index (χ1) is 10.7. The number of aromatic nitrogens is 3. The maximum atomic E-state index is 5.37. The maximum Gasteiger partial charge on any atom is 0.212 e. The third kappa shape index (κ3) is 2.16. The Labute approximate surface area is 132 Å². The molecule has 3 heterocycles. The fraction of sp³-hybridized carbons (Fsp3) is 0.188. The summed E-state index contributed by atoms with van der Waals surface area (Å²) < 4.78 is 7.17. The van der Waals surface area contributed by atoms with Crippen LogP contribution in [0, 0.1) is 13.8 Å². The summed E-state index contributed by atoms with van der Waals surface area (Å²) in [5.41, 5.74) is 4.33. The van der Waals surface area contributed by atoms with Crippen molar-refractivity contribution in [3.8, 4) is 11.4 Å². The van der Waals surface area contributed by atoms with Gasteiger partial charge in [0.2, 0.25) is 5.16 Å². The summed E-state index contributed by atoms with van der Waals surface area (Å²) in [5, 5.41) is 14.1. The lowest BCUT2D eigenvalue weighted by Crippen LogP contribution is -2.13. The molecule has 0 unspecified atom stereocenters. The number of furan rings is 1. The molecule has 0 bridgehead atoms. The van der Waals surface area contributed by atoms with Gasteiger partial charge in [-0.2, -0.15) is 9.78 Å². The third-order valence-electron chi connectivity index (χ3n) is 3.66. The quantitative estimate of drug-likeness (QED) is 0.727. The number of hydrogen-bond acceptors (Lipinski definition) is 5. The Morgan fingerprint density at radius 2 is 1.91 bits per heavy atom. The number of rotatable bonds is 2. The molecule has 1 aromatic carbocycles. The Morgan fingerprint density at radius 3 is 2.64 bits per heavy atom. The van der Waals surface area contributed by atoms with Crippen LogP contribution in [0.15, 0.2) is 51.3 Å². The highest BCUT2D eigenvalue weighted by molar-refractivity contribution is 7.99. The van der Waals surface area contributed by atoms with E-state index in [1.54, 1.807) is 22.7 Å². The zero-order chi connectivity index (χ0) is 15.1. The first-order valence-corrected chi connectivity index (χ1v) is 7.98. The molecule has 6 heteroatoms. The van der Waals surface area contributed by atoms with Gasteiger partial charge in [0.05, 0.1) is 17.5 Å². The lowest BCUT2D eigenvalue weighted by Gasteiger charge is -2.13. The summed E-state index contributed by atoms with van der Waals surface area (Å²) in [7, 11) is 0. The summed E-state index contributed by atoms with van der Waals surface area (Å²) in [6.07, 6.45) is 1.66. The molecule has 1 aliphatic heterocycles. The molecular weight excluding hydrogens is 296 g/mol. The zero-order valence-electron chi connectivity index (χ0n) is 12.3. The number of nitrogens with zero attached hydrogens (tertiary/aromatic N) is 4. The molecule has 5 nitrogen and oxygen atoms in total. The molecule has 0 saturated carbocycles. The summed E-state index contributed by atoms with van der Waals surface area (Å²) in [6.45, 7) is 4.00. The van der Waals surface area contributed by atoms with E-state index in [4.69, 9.17) is 9.52 Å². The molecule has 22 heavy (non-hydrogen) atoms. The zero-order valence-corrected chi connectivity index (χ0v) is 13.1. The Balaban J connectivity index is 1.81. The fourth-order valence-corrected chi connectivity index (χ4v) is 3.24. The predicted molar refractivity (Wildman–Crippen MR) is 86.3 cm³/mol. The van der Waals surface area contributed by atoms with Crippen LogP contribution in [0.3, 0.4) is 0 Å². The molecule has 0 atom stereocenters. The summed E-state index contributed by atoms with van der Waals surface area (Å²) in [6, 6.07) is 10.3. The van der Waals surface area contributed by atoms with Crippen LogP contribution in [0.25, 0.3) is 11.4 Å². The topological polar surface area (TPSA) is 56.2 Å². The number of thioether (sulfide) groups is 1. The van der Waals surface area contributed by atoms with E-state index < -0.39 is 0 Å². The summed E-state index contributed by atoms with van der Waals surface area (Å²) in [4.78, 5) is 0. The molecule has 0 N–H and O–H groups in total. The fourth-order valence-electron chi connectivity index (χ4n) is 2.40. The minimum Gasteiger partial charge on any atom is -0.469 e. The number of aryl methyl sites for hydroxylation is 2. The van der Waals surface area contributed by atoms with Gasteiger partial charge in [-0.3, -0.25) is 0 Å². The van der Waals surface area contributed by atoms with E-state index in [0.29, 0.717) is 0 Å². The minimum absolute atomic E-state index is 0.720. The van der Waals surface area contributed by atoms with E-state index in [1.165, 1.54) is 5.56 Å². The summed E-state index contributed by atoms with van der Waals surface area (Å²) >= 11 is 1.65. The second-order valence-electron chi connectivity index (χ2n) is 5.21. The van der Waals surface area contributed by atoms with Gasteiger partial charge < -0.3 is 4.42 Å². The van der Waals surface area contributed by atoms with Gasteiger partial charge in [0.15, 0.2) is 5.82 Å². The lowest BCUT2D eigenvalue weighted by atomic mass is 10.1. The lowest BCUT2D eigenvalue weighted by molar-refractivity contribution is 0.534. The molecule has 0 radical (unpaired) electrons. The molecule has 3 aromatic rings. The Kier molecular flexibility index (Phi) is 3.11. The van der Waals surface area contributed by atoms with Crippen molar-refractivity contribution >= 4 is 17.5 Å². The number of benzene rings is 1. The standard InChI is InChI=1S/C16H14N4OS/c1-10-3-5-12(6-4-10)14-9-22-16-18-17-15(20(16)19-14)13-7-8-21-11(13)2/h3-8H,9H2,1-2H3. The van der Waals surface area contributed by atoms with Gasteiger partial charge in [0.25, 0.3) is 0 Å². The van der Waals surface area contributed by atoms with E-state index in [1.807, 2.05) is 13.0 Å². The molecule has 0 aliphatic carbocycles. The molecule has 0 saturated heterocycles. The molecule has 1 aliphatic rings. The molecular formula is C16H14N4OS. The Morgan fingerprint density at radius 1 is 1.09 bits per heavy atom. The Hall–Kier alpha value is -2.34. The van der Waals surface area contributed by atoms with E-state index in [-0.39, 0.29) is 0 Å². The molecule has 110 valence electrons. The van der Waals surface area contributed by atoms with Gasteiger partial charge in [0.1, 0.15) is 5.76 Å². The SMILES string of the molecule is Cc1ccc(C2=Nn3c(nnc3-c3ccoc3C)SC2)cc1. The van der Waals surface area contributed by atoms with Crippen molar-refractivity contribution in [1.82, 2.24) is 14.9 Å². The third-order valence-corrected chi connectivity index (χ3v) is 4.59. The molecule has 2 aromatic heterocycles. The second kappa shape index (κ2) is 5.14. The highest BCUT2D eigenvalue weighted by atomic mass is 32.2. The normalized spacial score (nSPS) is 13.8. The van der Waals surface area contributed by atoms with Gasteiger partial charge in [0, 0.05) is 5.75 Å². The number of fused-ring (bicyclic) bond motifs is 1. The van der Waals surface area contributed by atoms with Crippen LogP contribution in [0.1, 0.15) is 16.9 Å². The second-order valence-corrected chi connectivity index (χ2v) is 6.15. The monoisotopic (exact) mass is 310 g/mol. The van der Waals surface area contributed by atoms with Crippen LogP contribution in [0.5, 0.6) is 0 Å². The first kappa shape index (κ1) is 13.3. The Bertz CT molecular complexity index is 861. The molecule has 0 fully saturated rings. The van der Waals surface area contributed by atoms with Crippen molar-refractivity contribution < 1.29 is 4.42 Å². The van der Waals surface area contributed by atoms with E-state index in [2.05, 4.69) is 41.4 Å². The highest BCUT2D eigenvalue weighted by Crippen LogP contribution is 2.30. The van der Waals surface area contributed by atoms with Crippen molar-refractivity contribution in [3.63, 3.8) is 0 Å². The van der Waals surface area contributed by atoms with Crippen molar-refractivity contribution in [1.29, 1.82) is 0 Å². The van der Waals surface area contributed by atoms with Gasteiger partial charge in [-0.1, -0.05) is 41.6 Å². The van der Waals surface area contributed by atoms with Crippen LogP contribution >= 0.6 is 11.8 Å². The van der Waals surface area contributed by atoms with Crippen LogP contribution < -0.4 is 0 Å². The van der Waals surface area contributed by atoms with Crippen molar-refractivity contribution in [2.75, 3.05) is 5.75 Å². The van der Waals surface area contributed by atoms with Gasteiger partial charge in [-0.25, -0.2) is 0 Å². The van der Waals surface area contributed by atoms with Gasteiger partial charge in [-0.05, 0) is 25.5 Å². The van der Waals surface area contributed by atoms with E-state index in [0.717, 1.165) is 39.3 Å². The first-order valence-electron chi connectivity index (χ1n) is 7.00. The maximum absolute atomic E-state index is 5.37. The van der Waals surface area contributed by atoms with Crippen LogP contribution in [-0.2, 0) is 0 Å². The van der Waals surface area contributed by atoms with Crippen molar-refractivity contribution in [2.45, 2.75) is 19.0 Å². The van der Waals surface area contributed by atoms with Crippen LogP contribution in [0.2, 0.25) is 0 Å². The smallest absolute Gasteiger partial charge is 0.212 e. The molecule has 0 spiro atoms. The van der Waals surface area contributed by atoms with E-state index in [9.17, 15) is 0 Å². The van der Waals surface area contributed by atoms with Crippen molar-refractivity contribution in [2.24, 2.45) is 5.10 Å².